The number of hydrogen-bond acceptors (Lipinski definition) is 3. The Morgan fingerprint density at radius 3 is 2.79 bits per heavy atom. The predicted molar refractivity (Wildman–Crippen MR) is 109 cm³/mol. The van der Waals surface area contributed by atoms with Crippen molar-refractivity contribution in [1.29, 1.82) is 0 Å². The van der Waals surface area contributed by atoms with Crippen molar-refractivity contribution >= 4 is 28.4 Å². The maximum atomic E-state index is 12.4. The Morgan fingerprint density at radius 2 is 1.93 bits per heavy atom. The molecule has 3 aromatic rings. The zero-order chi connectivity index (χ0) is 19.5. The first-order chi connectivity index (χ1) is 13.6. The van der Waals surface area contributed by atoms with Crippen molar-refractivity contribution in [3.05, 3.63) is 48.2 Å². The summed E-state index contributed by atoms with van der Waals surface area (Å²) in [5, 5.41) is 3.79. The summed E-state index contributed by atoms with van der Waals surface area (Å²) in [4.78, 5) is 15.6. The summed E-state index contributed by atoms with van der Waals surface area (Å²) in [5.74, 6) is 1.36. The second-order valence-corrected chi connectivity index (χ2v) is 7.47. The summed E-state index contributed by atoms with van der Waals surface area (Å²) in [6.45, 7) is 1.55. The molecule has 5 N–H and O–H groups in total. The molecule has 7 heteroatoms. The molecular formula is C21H23ClN3O3+. The van der Waals surface area contributed by atoms with E-state index < -0.39 is 0 Å². The predicted octanol–water partition coefficient (Wildman–Crippen LogP) is 2.92. The number of alkyl halides is 1. The van der Waals surface area contributed by atoms with Gasteiger partial charge in [-0.3, -0.25) is 4.79 Å². The van der Waals surface area contributed by atoms with E-state index in [9.17, 15) is 4.79 Å². The number of fused-ring (bicyclic) bond motifs is 2. The van der Waals surface area contributed by atoms with Crippen LogP contribution in [0.15, 0.2) is 42.5 Å². The highest BCUT2D eigenvalue weighted by Gasteiger charge is 2.15. The smallest absolute Gasteiger partial charge is 0.267 e. The molecule has 6 nitrogen and oxygen atoms in total. The van der Waals surface area contributed by atoms with Gasteiger partial charge in [-0.1, -0.05) is 18.2 Å². The minimum absolute atomic E-state index is 0.0762. The minimum atomic E-state index is -0.152. The lowest BCUT2D eigenvalue weighted by Gasteiger charge is -2.09. The first kappa shape index (κ1) is 18.7. The lowest BCUT2D eigenvalue weighted by atomic mass is 10.0. The molecule has 1 aromatic heterocycles. The topological polar surface area (TPSA) is 91.0 Å². The van der Waals surface area contributed by atoms with E-state index in [1.165, 1.54) is 0 Å². The molecule has 0 saturated heterocycles. The molecule has 0 spiro atoms. The third kappa shape index (κ3) is 3.93. The second kappa shape index (κ2) is 8.12. The summed E-state index contributed by atoms with van der Waals surface area (Å²) >= 11 is 6.23. The van der Waals surface area contributed by atoms with Crippen LogP contribution in [-0.4, -0.2) is 36.2 Å². The quantitative estimate of drug-likeness (QED) is 0.532. The number of rotatable bonds is 7. The van der Waals surface area contributed by atoms with Crippen LogP contribution in [0.25, 0.3) is 22.0 Å². The van der Waals surface area contributed by atoms with Gasteiger partial charge in [-0.05, 0) is 48.2 Å². The molecule has 0 saturated carbocycles. The minimum Gasteiger partial charge on any atom is -0.454 e. The Hall–Kier alpha value is -2.70. The molecule has 1 aliphatic rings. The van der Waals surface area contributed by atoms with Gasteiger partial charge < -0.3 is 25.5 Å². The molecule has 4 rings (SSSR count). The largest absolute Gasteiger partial charge is 0.454 e. The molecule has 0 unspecified atom stereocenters. The highest BCUT2D eigenvalue weighted by atomic mass is 35.5. The molecule has 0 bridgehead atoms. The molecule has 146 valence electrons. The number of carbonyl (C=O) groups is 1. The highest BCUT2D eigenvalue weighted by Crippen LogP contribution is 2.36. The van der Waals surface area contributed by atoms with Gasteiger partial charge in [-0.2, -0.15) is 0 Å². The van der Waals surface area contributed by atoms with Crippen molar-refractivity contribution in [3.8, 4) is 22.6 Å². The molecule has 2 aromatic carbocycles. The van der Waals surface area contributed by atoms with Gasteiger partial charge in [0.15, 0.2) is 11.5 Å². The summed E-state index contributed by atoms with van der Waals surface area (Å²) in [5.41, 5.74) is 7.30. The maximum Gasteiger partial charge on any atom is 0.267 e. The zero-order valence-electron chi connectivity index (χ0n) is 15.5. The summed E-state index contributed by atoms with van der Waals surface area (Å²) in [6, 6.07) is 13.8. The standard InChI is InChI=1S/C21H22ClN3O3/c22-16(2-1-7-23)11-24-21(26)18-9-15-4-3-13(8-17(15)25-18)14-5-6-19-20(10-14)28-12-27-19/h3-6,8-10,16,25H,1-2,7,11-12,23H2,(H,24,26)/p+1/t16-/m0/s1. The molecule has 1 amide bonds. The molecule has 0 radical (unpaired) electrons. The van der Waals surface area contributed by atoms with Crippen LogP contribution in [0.4, 0.5) is 0 Å². The number of ether oxygens (including phenoxy) is 2. The highest BCUT2D eigenvalue weighted by molar-refractivity contribution is 6.21. The fourth-order valence-electron chi connectivity index (χ4n) is 3.27. The SMILES string of the molecule is [NH3+]CCC[C@H](Cl)CNC(=O)c1cc2ccc(-c3ccc4c(c3)OCO4)cc2[nH]1. The van der Waals surface area contributed by atoms with Crippen molar-refractivity contribution in [1.82, 2.24) is 10.3 Å². The third-order valence-electron chi connectivity index (χ3n) is 4.82. The van der Waals surface area contributed by atoms with Gasteiger partial charge in [-0.15, -0.1) is 11.6 Å². The fourth-order valence-corrected chi connectivity index (χ4v) is 3.50. The van der Waals surface area contributed by atoms with Gasteiger partial charge in [-0.25, -0.2) is 0 Å². The molecule has 0 aliphatic carbocycles. The van der Waals surface area contributed by atoms with Crippen LogP contribution in [0.3, 0.4) is 0 Å². The average Bonchev–Trinajstić information content (AvgIpc) is 3.35. The number of aromatic nitrogens is 1. The fraction of sp³-hybridized carbons (Fsp3) is 0.286. The number of amides is 1. The second-order valence-electron chi connectivity index (χ2n) is 6.86. The average molecular weight is 401 g/mol. The van der Waals surface area contributed by atoms with Crippen LogP contribution < -0.4 is 20.5 Å². The van der Waals surface area contributed by atoms with Crippen LogP contribution in [0.5, 0.6) is 11.5 Å². The molecule has 2 heterocycles. The Labute approximate surface area is 168 Å². The van der Waals surface area contributed by atoms with Crippen LogP contribution in [0.1, 0.15) is 23.3 Å². The first-order valence-electron chi connectivity index (χ1n) is 9.38. The number of H-pyrrole nitrogens is 1. The van der Waals surface area contributed by atoms with Crippen LogP contribution >= 0.6 is 11.6 Å². The van der Waals surface area contributed by atoms with E-state index in [1.807, 2.05) is 42.5 Å². The molecule has 1 aliphatic heterocycles. The van der Waals surface area contributed by atoms with Gasteiger partial charge >= 0.3 is 0 Å². The number of nitrogens with one attached hydrogen (secondary N) is 2. The Bertz CT molecular complexity index is 1000. The van der Waals surface area contributed by atoms with E-state index in [0.29, 0.717) is 12.2 Å². The van der Waals surface area contributed by atoms with Crippen LogP contribution in [-0.2, 0) is 0 Å². The number of aromatic amines is 1. The Balaban J connectivity index is 1.49. The number of halogens is 1. The van der Waals surface area contributed by atoms with E-state index in [-0.39, 0.29) is 18.1 Å². The Kier molecular flexibility index (Phi) is 5.41. The lowest BCUT2D eigenvalue weighted by Crippen LogP contribution is -2.50. The number of quaternary nitrogens is 1. The monoisotopic (exact) mass is 400 g/mol. The van der Waals surface area contributed by atoms with Gasteiger partial charge in [0, 0.05) is 17.4 Å². The van der Waals surface area contributed by atoms with E-state index in [1.54, 1.807) is 0 Å². The molecule has 0 fully saturated rings. The van der Waals surface area contributed by atoms with E-state index in [0.717, 1.165) is 52.9 Å². The van der Waals surface area contributed by atoms with Gasteiger partial charge in [0.1, 0.15) is 5.69 Å². The summed E-state index contributed by atoms with van der Waals surface area (Å²) < 4.78 is 10.8. The number of carbonyl (C=O) groups excluding carboxylic acids is 1. The van der Waals surface area contributed by atoms with Crippen molar-refractivity contribution in [3.63, 3.8) is 0 Å². The van der Waals surface area contributed by atoms with Crippen LogP contribution in [0.2, 0.25) is 0 Å². The van der Waals surface area contributed by atoms with Gasteiger partial charge in [0.25, 0.3) is 5.91 Å². The molecular weight excluding hydrogens is 378 g/mol. The third-order valence-corrected chi connectivity index (χ3v) is 5.20. The molecule has 28 heavy (non-hydrogen) atoms. The van der Waals surface area contributed by atoms with E-state index >= 15 is 0 Å². The van der Waals surface area contributed by atoms with E-state index in [2.05, 4.69) is 16.0 Å². The normalized spacial score (nSPS) is 13.6. The Morgan fingerprint density at radius 1 is 1.14 bits per heavy atom. The maximum absolute atomic E-state index is 12.4. The van der Waals surface area contributed by atoms with Crippen LogP contribution in [0, 0.1) is 0 Å². The van der Waals surface area contributed by atoms with E-state index in [4.69, 9.17) is 21.1 Å². The lowest BCUT2D eigenvalue weighted by molar-refractivity contribution is -0.368. The molecule has 1 atom stereocenters. The summed E-state index contributed by atoms with van der Waals surface area (Å²) in [7, 11) is 0. The summed E-state index contributed by atoms with van der Waals surface area (Å²) in [6.07, 6.45) is 1.80. The van der Waals surface area contributed by atoms with Gasteiger partial charge in [0.05, 0.1) is 11.9 Å². The first-order valence-corrected chi connectivity index (χ1v) is 9.82. The number of benzene rings is 2. The van der Waals surface area contributed by atoms with Crippen molar-refractivity contribution in [2.24, 2.45) is 0 Å². The number of hydrogen-bond donors (Lipinski definition) is 3. The van der Waals surface area contributed by atoms with Gasteiger partial charge in [0.2, 0.25) is 6.79 Å². The zero-order valence-corrected chi connectivity index (χ0v) is 16.2. The van der Waals surface area contributed by atoms with Crippen molar-refractivity contribution in [2.75, 3.05) is 19.9 Å². The van der Waals surface area contributed by atoms with Crippen molar-refractivity contribution < 1.29 is 20.0 Å². The van der Waals surface area contributed by atoms with Crippen molar-refractivity contribution in [2.45, 2.75) is 18.2 Å².